The molecule has 1 aromatic carbocycles. The van der Waals surface area contributed by atoms with Crippen molar-refractivity contribution in [1.82, 2.24) is 10.3 Å². The molecule has 3 rings (SSSR count). The van der Waals surface area contributed by atoms with Crippen molar-refractivity contribution < 1.29 is 9.13 Å². The molecule has 0 radical (unpaired) electrons. The van der Waals surface area contributed by atoms with Crippen LogP contribution in [0.15, 0.2) is 23.6 Å². The fourth-order valence-corrected chi connectivity index (χ4v) is 2.59. The van der Waals surface area contributed by atoms with Crippen molar-refractivity contribution in [2.24, 2.45) is 0 Å². The Morgan fingerprint density at radius 2 is 2.30 bits per heavy atom. The Bertz CT molecular complexity index is 595. The summed E-state index contributed by atoms with van der Waals surface area (Å²) in [5.41, 5.74) is 1.78. The SMILES string of the molecule is Cc1nc(COc2ccc(F)cc2CNC2CC2)cs1. The third-order valence-corrected chi connectivity index (χ3v) is 4.05. The van der Waals surface area contributed by atoms with Gasteiger partial charge in [-0.2, -0.15) is 0 Å². The van der Waals surface area contributed by atoms with Gasteiger partial charge in [0.05, 0.1) is 10.7 Å². The monoisotopic (exact) mass is 292 g/mol. The second kappa shape index (κ2) is 5.89. The van der Waals surface area contributed by atoms with Crippen LogP contribution in [0.25, 0.3) is 0 Å². The lowest BCUT2D eigenvalue weighted by atomic mass is 10.2. The molecule has 20 heavy (non-hydrogen) atoms. The summed E-state index contributed by atoms with van der Waals surface area (Å²) < 4.78 is 19.1. The van der Waals surface area contributed by atoms with E-state index >= 15 is 0 Å². The summed E-state index contributed by atoms with van der Waals surface area (Å²) in [4.78, 5) is 4.36. The molecule has 1 N–H and O–H groups in total. The molecule has 0 unspecified atom stereocenters. The zero-order valence-electron chi connectivity index (χ0n) is 11.4. The maximum atomic E-state index is 13.4. The van der Waals surface area contributed by atoms with Crippen molar-refractivity contribution in [3.63, 3.8) is 0 Å². The van der Waals surface area contributed by atoms with E-state index in [0.29, 0.717) is 19.2 Å². The van der Waals surface area contributed by atoms with Crippen LogP contribution in [-0.2, 0) is 13.2 Å². The molecule has 106 valence electrons. The molecule has 0 bridgehead atoms. The average molecular weight is 292 g/mol. The van der Waals surface area contributed by atoms with Crippen molar-refractivity contribution >= 4 is 11.3 Å². The summed E-state index contributed by atoms with van der Waals surface area (Å²) in [7, 11) is 0. The van der Waals surface area contributed by atoms with Crippen LogP contribution >= 0.6 is 11.3 Å². The van der Waals surface area contributed by atoms with Gasteiger partial charge in [-0.05, 0) is 38.0 Å². The lowest BCUT2D eigenvalue weighted by Crippen LogP contribution is -2.16. The lowest BCUT2D eigenvalue weighted by Gasteiger charge is -2.11. The predicted octanol–water partition coefficient (Wildman–Crippen LogP) is 3.42. The normalized spacial score (nSPS) is 14.5. The number of aryl methyl sites for hydroxylation is 1. The van der Waals surface area contributed by atoms with E-state index in [1.54, 1.807) is 17.4 Å². The minimum Gasteiger partial charge on any atom is -0.487 e. The van der Waals surface area contributed by atoms with Gasteiger partial charge in [-0.1, -0.05) is 0 Å². The van der Waals surface area contributed by atoms with Crippen LogP contribution < -0.4 is 10.1 Å². The van der Waals surface area contributed by atoms with E-state index in [0.717, 1.165) is 22.0 Å². The molecule has 2 aromatic rings. The number of ether oxygens (including phenoxy) is 1. The number of rotatable bonds is 6. The average Bonchev–Trinajstić information content (AvgIpc) is 3.17. The molecule has 0 aliphatic heterocycles. The van der Waals surface area contributed by atoms with Crippen LogP contribution in [0.3, 0.4) is 0 Å². The Labute approximate surface area is 121 Å². The number of hydrogen-bond donors (Lipinski definition) is 1. The zero-order valence-corrected chi connectivity index (χ0v) is 12.2. The van der Waals surface area contributed by atoms with Gasteiger partial charge in [-0.3, -0.25) is 0 Å². The second-order valence-electron chi connectivity index (χ2n) is 5.05. The van der Waals surface area contributed by atoms with Gasteiger partial charge in [0.25, 0.3) is 0 Å². The summed E-state index contributed by atoms with van der Waals surface area (Å²) in [6.07, 6.45) is 2.42. The minimum atomic E-state index is -0.227. The van der Waals surface area contributed by atoms with E-state index in [2.05, 4.69) is 10.3 Å². The largest absolute Gasteiger partial charge is 0.487 e. The molecule has 5 heteroatoms. The van der Waals surface area contributed by atoms with E-state index in [9.17, 15) is 4.39 Å². The molecule has 1 saturated carbocycles. The first-order chi connectivity index (χ1) is 9.70. The first-order valence-corrected chi connectivity index (χ1v) is 7.64. The smallest absolute Gasteiger partial charge is 0.131 e. The molecule has 0 amide bonds. The maximum Gasteiger partial charge on any atom is 0.131 e. The summed E-state index contributed by atoms with van der Waals surface area (Å²) in [6, 6.07) is 5.25. The first kappa shape index (κ1) is 13.5. The number of thiazole rings is 1. The molecule has 1 aliphatic carbocycles. The fraction of sp³-hybridized carbons (Fsp3) is 0.400. The Morgan fingerprint density at radius 3 is 3.00 bits per heavy atom. The van der Waals surface area contributed by atoms with Gasteiger partial charge in [0.1, 0.15) is 18.2 Å². The van der Waals surface area contributed by atoms with Crippen molar-refractivity contribution in [1.29, 1.82) is 0 Å². The van der Waals surface area contributed by atoms with Crippen LogP contribution in [0.1, 0.15) is 29.1 Å². The molecular weight excluding hydrogens is 275 g/mol. The lowest BCUT2D eigenvalue weighted by molar-refractivity contribution is 0.297. The highest BCUT2D eigenvalue weighted by molar-refractivity contribution is 7.09. The molecule has 0 atom stereocenters. The number of benzene rings is 1. The summed E-state index contributed by atoms with van der Waals surface area (Å²) in [5, 5.41) is 6.40. The number of hydrogen-bond acceptors (Lipinski definition) is 4. The van der Waals surface area contributed by atoms with Gasteiger partial charge >= 0.3 is 0 Å². The number of nitrogens with zero attached hydrogens (tertiary/aromatic N) is 1. The van der Waals surface area contributed by atoms with Gasteiger partial charge in [-0.15, -0.1) is 11.3 Å². The van der Waals surface area contributed by atoms with Gasteiger partial charge in [-0.25, -0.2) is 9.37 Å². The van der Waals surface area contributed by atoms with Crippen molar-refractivity contribution in [3.8, 4) is 5.75 Å². The molecule has 0 spiro atoms. The molecule has 1 aliphatic rings. The van der Waals surface area contributed by atoms with Crippen molar-refractivity contribution in [2.75, 3.05) is 0 Å². The van der Waals surface area contributed by atoms with E-state index < -0.39 is 0 Å². The number of nitrogens with one attached hydrogen (secondary N) is 1. The highest BCUT2D eigenvalue weighted by Gasteiger charge is 2.20. The maximum absolute atomic E-state index is 13.4. The molecule has 1 heterocycles. The Hall–Kier alpha value is -1.46. The van der Waals surface area contributed by atoms with E-state index in [-0.39, 0.29) is 5.82 Å². The third kappa shape index (κ3) is 3.55. The van der Waals surface area contributed by atoms with Crippen molar-refractivity contribution in [2.45, 2.75) is 39.0 Å². The first-order valence-electron chi connectivity index (χ1n) is 6.76. The summed E-state index contributed by atoms with van der Waals surface area (Å²) in [6.45, 7) is 3.04. The quantitative estimate of drug-likeness (QED) is 0.886. The Kier molecular flexibility index (Phi) is 3.98. The standard InChI is InChI=1S/C15H17FN2OS/c1-10-18-14(9-20-10)8-19-15-5-2-12(16)6-11(15)7-17-13-3-4-13/h2,5-6,9,13,17H,3-4,7-8H2,1H3. The Morgan fingerprint density at radius 1 is 1.45 bits per heavy atom. The van der Waals surface area contributed by atoms with Crippen LogP contribution in [0.4, 0.5) is 4.39 Å². The van der Waals surface area contributed by atoms with E-state index in [1.807, 2.05) is 12.3 Å². The second-order valence-corrected chi connectivity index (χ2v) is 6.12. The molecule has 3 nitrogen and oxygen atoms in total. The third-order valence-electron chi connectivity index (χ3n) is 3.22. The van der Waals surface area contributed by atoms with Crippen LogP contribution in [0, 0.1) is 12.7 Å². The number of aromatic nitrogens is 1. The van der Waals surface area contributed by atoms with Gasteiger partial charge in [0.15, 0.2) is 0 Å². The zero-order chi connectivity index (χ0) is 13.9. The summed E-state index contributed by atoms with van der Waals surface area (Å²) >= 11 is 1.61. The van der Waals surface area contributed by atoms with Crippen LogP contribution in [0.2, 0.25) is 0 Å². The van der Waals surface area contributed by atoms with Gasteiger partial charge in [0, 0.05) is 23.5 Å². The van der Waals surface area contributed by atoms with Gasteiger partial charge < -0.3 is 10.1 Å². The molecule has 0 saturated heterocycles. The number of halogens is 1. The molecule has 1 fully saturated rings. The molecular formula is C15H17FN2OS. The van der Waals surface area contributed by atoms with Crippen LogP contribution in [-0.4, -0.2) is 11.0 Å². The minimum absolute atomic E-state index is 0.227. The molecule has 1 aromatic heterocycles. The fourth-order valence-electron chi connectivity index (χ4n) is 1.99. The van der Waals surface area contributed by atoms with Crippen molar-refractivity contribution in [3.05, 3.63) is 45.7 Å². The van der Waals surface area contributed by atoms with E-state index in [4.69, 9.17) is 4.74 Å². The van der Waals surface area contributed by atoms with Crippen LogP contribution in [0.5, 0.6) is 5.75 Å². The topological polar surface area (TPSA) is 34.1 Å². The highest BCUT2D eigenvalue weighted by Crippen LogP contribution is 2.24. The highest BCUT2D eigenvalue weighted by atomic mass is 32.1. The Balaban J connectivity index is 1.66. The van der Waals surface area contributed by atoms with Gasteiger partial charge in [0.2, 0.25) is 0 Å². The summed E-state index contributed by atoms with van der Waals surface area (Å²) in [5.74, 6) is 0.500. The van der Waals surface area contributed by atoms with E-state index in [1.165, 1.54) is 25.0 Å². The predicted molar refractivity (Wildman–Crippen MR) is 77.4 cm³/mol.